The van der Waals surface area contributed by atoms with Gasteiger partial charge in [0.2, 0.25) is 0 Å². The molecule has 0 bridgehead atoms. The van der Waals surface area contributed by atoms with Crippen molar-refractivity contribution in [2.75, 3.05) is 26.2 Å². The lowest BCUT2D eigenvalue weighted by atomic mass is 9.90. The lowest BCUT2D eigenvalue weighted by Crippen LogP contribution is -2.46. The van der Waals surface area contributed by atoms with Gasteiger partial charge < -0.3 is 10.1 Å². The molecule has 0 spiro atoms. The molecular weight excluding hydrogens is 312 g/mol. The Labute approximate surface area is 133 Å². The lowest BCUT2D eigenvalue weighted by Gasteiger charge is -2.38. The molecule has 0 radical (unpaired) electrons. The van der Waals surface area contributed by atoms with Gasteiger partial charge in [0, 0.05) is 37.8 Å². The zero-order chi connectivity index (χ0) is 17.0. The molecule has 3 nitrogen and oxygen atoms in total. The highest BCUT2D eigenvalue weighted by Crippen LogP contribution is 2.35. The number of ether oxygens (including phenoxy) is 1. The average molecular weight is 334 g/mol. The monoisotopic (exact) mass is 334 g/mol. The Morgan fingerprint density at radius 3 is 2.48 bits per heavy atom. The summed E-state index contributed by atoms with van der Waals surface area (Å²) in [6, 6.07) is 2.98. The molecule has 130 valence electrons. The fraction of sp³-hybridized carbons (Fsp3) is 0.625. The van der Waals surface area contributed by atoms with Crippen molar-refractivity contribution in [2.24, 2.45) is 5.92 Å². The van der Waals surface area contributed by atoms with Crippen LogP contribution < -0.4 is 10.1 Å². The van der Waals surface area contributed by atoms with Crippen LogP contribution in [0, 0.1) is 11.7 Å². The van der Waals surface area contributed by atoms with E-state index >= 15 is 0 Å². The van der Waals surface area contributed by atoms with Crippen molar-refractivity contribution in [1.29, 1.82) is 0 Å². The SMILES string of the molecule is CCC(C)[C@@H](c1cc(OC(F)(F)F)ccc1F)N1CCNCC1. The number of alkyl halides is 3. The van der Waals surface area contributed by atoms with E-state index in [1.165, 1.54) is 6.07 Å². The van der Waals surface area contributed by atoms with Crippen LogP contribution in [0.15, 0.2) is 18.2 Å². The summed E-state index contributed by atoms with van der Waals surface area (Å²) in [5, 5.41) is 3.23. The van der Waals surface area contributed by atoms with E-state index in [9.17, 15) is 17.6 Å². The maximum absolute atomic E-state index is 14.3. The average Bonchev–Trinajstić information content (AvgIpc) is 2.50. The molecule has 0 saturated carbocycles. The van der Waals surface area contributed by atoms with Crippen LogP contribution in [0.1, 0.15) is 31.9 Å². The van der Waals surface area contributed by atoms with Crippen LogP contribution >= 0.6 is 0 Å². The van der Waals surface area contributed by atoms with Crippen LogP contribution in [-0.4, -0.2) is 37.4 Å². The number of hydrogen-bond acceptors (Lipinski definition) is 3. The minimum absolute atomic E-state index is 0.115. The zero-order valence-electron chi connectivity index (χ0n) is 13.3. The van der Waals surface area contributed by atoms with Crippen molar-refractivity contribution in [2.45, 2.75) is 32.7 Å². The Bertz CT molecular complexity index is 515. The first-order valence-electron chi connectivity index (χ1n) is 7.81. The van der Waals surface area contributed by atoms with Crippen molar-refractivity contribution < 1.29 is 22.3 Å². The third kappa shape index (κ3) is 4.81. The molecule has 0 aliphatic carbocycles. The van der Waals surface area contributed by atoms with E-state index in [1.54, 1.807) is 0 Å². The highest BCUT2D eigenvalue weighted by molar-refractivity contribution is 5.32. The minimum atomic E-state index is -4.78. The van der Waals surface area contributed by atoms with E-state index in [4.69, 9.17) is 0 Å². The van der Waals surface area contributed by atoms with Gasteiger partial charge in [0.1, 0.15) is 11.6 Å². The van der Waals surface area contributed by atoms with E-state index in [1.807, 2.05) is 13.8 Å². The van der Waals surface area contributed by atoms with Gasteiger partial charge in [0.25, 0.3) is 0 Å². The summed E-state index contributed by atoms with van der Waals surface area (Å²) in [4.78, 5) is 2.13. The summed E-state index contributed by atoms with van der Waals surface area (Å²) in [6.45, 7) is 7.02. The Hall–Kier alpha value is -1.34. The Balaban J connectivity index is 2.34. The third-order valence-electron chi connectivity index (χ3n) is 4.25. The maximum Gasteiger partial charge on any atom is 0.573 e. The molecule has 7 heteroatoms. The Morgan fingerprint density at radius 1 is 1.26 bits per heavy atom. The number of hydrogen-bond donors (Lipinski definition) is 1. The highest BCUT2D eigenvalue weighted by atomic mass is 19.4. The Morgan fingerprint density at radius 2 is 1.91 bits per heavy atom. The van der Waals surface area contributed by atoms with Crippen LogP contribution in [0.25, 0.3) is 0 Å². The first-order chi connectivity index (χ1) is 10.8. The number of nitrogens with one attached hydrogen (secondary N) is 1. The van der Waals surface area contributed by atoms with Crippen molar-refractivity contribution in [3.05, 3.63) is 29.6 Å². The molecular formula is C16H22F4N2O. The maximum atomic E-state index is 14.3. The first kappa shape index (κ1) is 18.0. The fourth-order valence-corrected chi connectivity index (χ4v) is 2.99. The van der Waals surface area contributed by atoms with Gasteiger partial charge in [-0.15, -0.1) is 13.2 Å². The molecule has 1 aliphatic rings. The second kappa shape index (κ2) is 7.49. The third-order valence-corrected chi connectivity index (χ3v) is 4.25. The topological polar surface area (TPSA) is 24.5 Å². The smallest absolute Gasteiger partial charge is 0.406 e. The van der Waals surface area contributed by atoms with E-state index < -0.39 is 12.2 Å². The van der Waals surface area contributed by atoms with Crippen LogP contribution in [0.3, 0.4) is 0 Å². The highest BCUT2D eigenvalue weighted by Gasteiger charge is 2.33. The van der Waals surface area contributed by atoms with Crippen LogP contribution in [0.2, 0.25) is 0 Å². The molecule has 0 amide bonds. The molecule has 1 aromatic carbocycles. The van der Waals surface area contributed by atoms with E-state index in [0.717, 1.165) is 44.7 Å². The molecule has 1 aliphatic heterocycles. The normalized spacial score (nSPS) is 19.4. The van der Waals surface area contributed by atoms with Gasteiger partial charge in [0.15, 0.2) is 0 Å². The van der Waals surface area contributed by atoms with Gasteiger partial charge in [-0.3, -0.25) is 4.90 Å². The summed E-state index contributed by atoms with van der Waals surface area (Å²) in [7, 11) is 0. The van der Waals surface area contributed by atoms with Gasteiger partial charge in [-0.05, 0) is 24.1 Å². The molecule has 0 aromatic heterocycles. The predicted octanol–water partition coefficient (Wildman–Crippen LogP) is 3.72. The summed E-state index contributed by atoms with van der Waals surface area (Å²) in [6.07, 6.45) is -3.98. The predicted molar refractivity (Wildman–Crippen MR) is 79.7 cm³/mol. The van der Waals surface area contributed by atoms with Gasteiger partial charge in [-0.25, -0.2) is 4.39 Å². The second-order valence-corrected chi connectivity index (χ2v) is 5.85. The summed E-state index contributed by atoms with van der Waals surface area (Å²) >= 11 is 0. The molecule has 2 rings (SSSR count). The van der Waals surface area contributed by atoms with Crippen LogP contribution in [0.5, 0.6) is 5.75 Å². The molecule has 1 unspecified atom stereocenters. The molecule has 1 saturated heterocycles. The molecule has 1 fully saturated rings. The van der Waals surface area contributed by atoms with Gasteiger partial charge >= 0.3 is 6.36 Å². The van der Waals surface area contributed by atoms with Gasteiger partial charge in [0.05, 0.1) is 0 Å². The number of benzene rings is 1. The lowest BCUT2D eigenvalue weighted by molar-refractivity contribution is -0.274. The molecule has 1 aromatic rings. The van der Waals surface area contributed by atoms with Crippen LogP contribution in [-0.2, 0) is 0 Å². The number of rotatable bonds is 5. The first-order valence-corrected chi connectivity index (χ1v) is 7.81. The molecule has 1 heterocycles. The number of halogens is 4. The van der Waals surface area contributed by atoms with Gasteiger partial charge in [-0.2, -0.15) is 0 Å². The fourth-order valence-electron chi connectivity index (χ4n) is 2.99. The van der Waals surface area contributed by atoms with Crippen molar-refractivity contribution in [3.63, 3.8) is 0 Å². The minimum Gasteiger partial charge on any atom is -0.406 e. The largest absolute Gasteiger partial charge is 0.573 e. The van der Waals surface area contributed by atoms with Crippen molar-refractivity contribution in [1.82, 2.24) is 10.2 Å². The number of nitrogens with zero attached hydrogens (tertiary/aromatic N) is 1. The summed E-state index contributed by atoms with van der Waals surface area (Å²) in [5.74, 6) is -0.760. The van der Waals surface area contributed by atoms with E-state index in [2.05, 4.69) is 15.0 Å². The molecule has 2 atom stereocenters. The quantitative estimate of drug-likeness (QED) is 0.831. The van der Waals surface area contributed by atoms with Crippen molar-refractivity contribution in [3.8, 4) is 5.75 Å². The van der Waals surface area contributed by atoms with Crippen LogP contribution in [0.4, 0.5) is 17.6 Å². The van der Waals surface area contributed by atoms with Crippen molar-refractivity contribution >= 4 is 0 Å². The van der Waals surface area contributed by atoms with E-state index in [-0.39, 0.29) is 23.3 Å². The molecule has 1 N–H and O–H groups in total. The standard InChI is InChI=1S/C16H22F4N2O/c1-3-11(2)15(22-8-6-21-7-9-22)13-10-12(4-5-14(13)17)23-16(18,19)20/h4-5,10-11,15,21H,3,6-9H2,1-2H3/t11?,15-/m0/s1. The second-order valence-electron chi connectivity index (χ2n) is 5.85. The van der Waals surface area contributed by atoms with Gasteiger partial charge in [-0.1, -0.05) is 20.3 Å². The van der Waals surface area contributed by atoms with E-state index in [0.29, 0.717) is 0 Å². The Kier molecular flexibility index (Phi) is 5.86. The summed E-state index contributed by atoms with van der Waals surface area (Å²) < 4.78 is 55.5. The molecule has 23 heavy (non-hydrogen) atoms. The number of piperazine rings is 1. The zero-order valence-corrected chi connectivity index (χ0v) is 13.3. The summed E-state index contributed by atoms with van der Waals surface area (Å²) in [5.41, 5.74) is 0.267.